The Morgan fingerprint density at radius 2 is 1.84 bits per heavy atom. The molecule has 0 fully saturated rings. The molecule has 4 aromatic rings. The van der Waals surface area contributed by atoms with E-state index in [4.69, 9.17) is 0 Å². The molecule has 0 aliphatic rings. The number of carbonyl (C=O) groups excluding carboxylic acids is 1. The number of nitrogens with one attached hydrogen (secondary N) is 3. The van der Waals surface area contributed by atoms with Gasteiger partial charge in [0.2, 0.25) is 0 Å². The maximum atomic E-state index is 13.9. The molecule has 2 aromatic carbocycles. The van der Waals surface area contributed by atoms with Gasteiger partial charge in [0.05, 0.1) is 23.9 Å². The molecule has 1 amide bonds. The summed E-state index contributed by atoms with van der Waals surface area (Å²) in [7, 11) is 0. The molecule has 0 aliphatic carbocycles. The highest BCUT2D eigenvalue weighted by Crippen LogP contribution is 2.31. The van der Waals surface area contributed by atoms with Gasteiger partial charge in [0, 0.05) is 18.4 Å². The molecule has 198 valence electrons. The summed E-state index contributed by atoms with van der Waals surface area (Å²) in [5.41, 5.74) is -2.15. The van der Waals surface area contributed by atoms with Crippen LogP contribution in [0.5, 0.6) is 0 Å². The van der Waals surface area contributed by atoms with Crippen molar-refractivity contribution in [3.8, 4) is 0 Å². The summed E-state index contributed by atoms with van der Waals surface area (Å²) in [4.78, 5) is 41.1. The van der Waals surface area contributed by atoms with E-state index in [9.17, 15) is 31.9 Å². The highest BCUT2D eigenvalue weighted by Gasteiger charge is 2.33. The molecule has 0 aliphatic heterocycles. The number of benzene rings is 2. The predicted octanol–water partition coefficient (Wildman–Crippen LogP) is 4.35. The van der Waals surface area contributed by atoms with Crippen LogP contribution in [0.4, 0.5) is 34.8 Å². The third kappa shape index (κ3) is 5.82. The maximum Gasteiger partial charge on any atom is 0.419 e. The number of para-hydroxylation sites is 1. The topological polar surface area (TPSA) is 114 Å². The number of hydrogen-bond acceptors (Lipinski definition) is 5. The third-order valence-corrected chi connectivity index (χ3v) is 5.49. The molecule has 0 radical (unpaired) electrons. The van der Waals surface area contributed by atoms with Crippen molar-refractivity contribution in [3.63, 3.8) is 0 Å². The van der Waals surface area contributed by atoms with Crippen LogP contribution in [0, 0.1) is 5.82 Å². The summed E-state index contributed by atoms with van der Waals surface area (Å²) < 4.78 is 54.5. The number of carbonyl (C=O) groups is 1. The van der Waals surface area contributed by atoms with Crippen LogP contribution in [0.25, 0.3) is 0 Å². The van der Waals surface area contributed by atoms with Crippen LogP contribution in [0.3, 0.4) is 0 Å². The second-order valence-corrected chi connectivity index (χ2v) is 8.32. The van der Waals surface area contributed by atoms with Crippen molar-refractivity contribution < 1.29 is 22.4 Å². The van der Waals surface area contributed by atoms with Crippen molar-refractivity contribution in [3.05, 3.63) is 104 Å². The van der Waals surface area contributed by atoms with E-state index in [0.717, 1.165) is 16.7 Å². The van der Waals surface area contributed by atoms with Gasteiger partial charge in [-0.15, -0.1) is 0 Å². The Kier molecular flexibility index (Phi) is 7.46. The minimum atomic E-state index is -4.81. The molecule has 0 bridgehead atoms. The predicted molar refractivity (Wildman–Crippen MR) is 132 cm³/mol. The van der Waals surface area contributed by atoms with Gasteiger partial charge in [-0.25, -0.2) is 9.18 Å². The number of rotatable bonds is 8. The highest BCUT2D eigenvalue weighted by molar-refractivity contribution is 6.05. The lowest BCUT2D eigenvalue weighted by atomic mass is 10.1. The van der Waals surface area contributed by atoms with E-state index in [1.165, 1.54) is 17.1 Å². The van der Waals surface area contributed by atoms with Gasteiger partial charge >= 0.3 is 11.9 Å². The monoisotopic (exact) mass is 530 g/mol. The number of aromatic nitrogens is 4. The number of alkyl halides is 3. The summed E-state index contributed by atoms with van der Waals surface area (Å²) in [5, 5.41) is 9.43. The fourth-order valence-electron chi connectivity index (χ4n) is 3.70. The van der Waals surface area contributed by atoms with Gasteiger partial charge in [0.15, 0.2) is 0 Å². The third-order valence-electron chi connectivity index (χ3n) is 5.49. The highest BCUT2D eigenvalue weighted by atomic mass is 19.4. The van der Waals surface area contributed by atoms with Crippen LogP contribution in [0.15, 0.2) is 70.5 Å². The van der Waals surface area contributed by atoms with Crippen LogP contribution in [0.1, 0.15) is 34.8 Å². The average molecular weight is 530 g/mol. The Morgan fingerprint density at radius 3 is 2.50 bits per heavy atom. The van der Waals surface area contributed by atoms with Crippen molar-refractivity contribution in [2.45, 2.75) is 32.6 Å². The Bertz CT molecular complexity index is 1570. The van der Waals surface area contributed by atoms with Gasteiger partial charge in [0.25, 0.3) is 11.5 Å². The zero-order chi connectivity index (χ0) is 27.4. The van der Waals surface area contributed by atoms with E-state index in [-0.39, 0.29) is 35.7 Å². The van der Waals surface area contributed by atoms with Gasteiger partial charge in [-0.05, 0) is 36.2 Å². The molecule has 38 heavy (non-hydrogen) atoms. The molecule has 3 N–H and O–H groups in total. The van der Waals surface area contributed by atoms with Crippen molar-refractivity contribution in [2.24, 2.45) is 0 Å². The van der Waals surface area contributed by atoms with Gasteiger partial charge in [-0.2, -0.15) is 18.3 Å². The molecule has 0 spiro atoms. The summed E-state index contributed by atoms with van der Waals surface area (Å²) in [5.74, 6) is -2.15. The van der Waals surface area contributed by atoms with Crippen molar-refractivity contribution in [2.75, 3.05) is 10.6 Å². The summed E-state index contributed by atoms with van der Waals surface area (Å²) in [6, 6.07) is 11.2. The zero-order valence-electron chi connectivity index (χ0n) is 20.0. The second-order valence-electron chi connectivity index (χ2n) is 8.32. The van der Waals surface area contributed by atoms with Crippen LogP contribution >= 0.6 is 0 Å². The molecule has 2 aromatic heterocycles. The Hall–Kier alpha value is -4.68. The first-order valence-corrected chi connectivity index (χ1v) is 11.5. The van der Waals surface area contributed by atoms with E-state index in [0.29, 0.717) is 18.2 Å². The Morgan fingerprint density at radius 1 is 1.11 bits per heavy atom. The summed E-state index contributed by atoms with van der Waals surface area (Å²) in [6.45, 7) is 1.81. The molecule has 0 saturated heterocycles. The van der Waals surface area contributed by atoms with Crippen molar-refractivity contribution >= 4 is 23.1 Å². The standard InChI is InChI=1S/C25H22F4N6O3/c1-2-10-35-23(37)20(21(33-24(35)38)31-17-6-4-3-5-7-17)32-22(36)16-12-30-34(14-16)13-15-8-9-18(19(26)11-15)25(27,28)29/h3-9,11-12,14,31H,2,10,13H2,1H3,(H,32,36)(H,33,38). The SMILES string of the molecule is CCCn1c(=O)[nH]c(Nc2ccccc2)c(NC(=O)c2cnn(Cc3ccc(C(F)(F)F)c(F)c3)c2)c1=O. The Labute approximate surface area is 212 Å². The first-order chi connectivity index (χ1) is 18.1. The van der Waals surface area contributed by atoms with Crippen molar-refractivity contribution in [1.29, 1.82) is 0 Å². The normalized spacial score (nSPS) is 11.4. The summed E-state index contributed by atoms with van der Waals surface area (Å²) >= 11 is 0. The molecule has 9 nitrogen and oxygen atoms in total. The fraction of sp³-hybridized carbons (Fsp3) is 0.200. The van der Waals surface area contributed by atoms with E-state index < -0.39 is 34.7 Å². The number of aromatic amines is 1. The number of hydrogen-bond donors (Lipinski definition) is 3. The van der Waals surface area contributed by atoms with Gasteiger partial charge in [-0.3, -0.25) is 23.8 Å². The molecular weight excluding hydrogens is 508 g/mol. The maximum absolute atomic E-state index is 13.9. The van der Waals surface area contributed by atoms with Crippen LogP contribution in [-0.2, 0) is 19.3 Å². The van der Waals surface area contributed by atoms with Crippen LogP contribution in [-0.4, -0.2) is 25.2 Å². The van der Waals surface area contributed by atoms with Crippen LogP contribution in [0.2, 0.25) is 0 Å². The number of anilines is 3. The van der Waals surface area contributed by atoms with Gasteiger partial charge < -0.3 is 10.6 Å². The smallest absolute Gasteiger partial charge is 0.340 e. The molecule has 13 heteroatoms. The number of amides is 1. The first-order valence-electron chi connectivity index (χ1n) is 11.5. The summed E-state index contributed by atoms with van der Waals surface area (Å²) in [6.07, 6.45) is -1.83. The van der Waals surface area contributed by atoms with E-state index >= 15 is 0 Å². The molecular formula is C25H22F4N6O3. The van der Waals surface area contributed by atoms with Crippen molar-refractivity contribution in [1.82, 2.24) is 19.3 Å². The number of H-pyrrole nitrogens is 1. The lowest BCUT2D eigenvalue weighted by Crippen LogP contribution is -2.38. The molecule has 0 saturated carbocycles. The molecule has 2 heterocycles. The van der Waals surface area contributed by atoms with E-state index in [1.807, 2.05) is 0 Å². The molecule has 4 rings (SSSR count). The fourth-order valence-corrected chi connectivity index (χ4v) is 3.70. The average Bonchev–Trinajstić information content (AvgIpc) is 3.32. The lowest BCUT2D eigenvalue weighted by molar-refractivity contribution is -0.140. The number of halogens is 4. The van der Waals surface area contributed by atoms with Gasteiger partial charge in [0.1, 0.15) is 17.3 Å². The lowest BCUT2D eigenvalue weighted by Gasteiger charge is -2.14. The quantitative estimate of drug-likeness (QED) is 0.293. The molecule has 0 unspecified atom stereocenters. The molecule has 0 atom stereocenters. The first kappa shape index (κ1) is 26.4. The number of nitrogens with zero attached hydrogens (tertiary/aromatic N) is 3. The largest absolute Gasteiger partial charge is 0.419 e. The van der Waals surface area contributed by atoms with E-state index in [2.05, 4.69) is 20.7 Å². The Balaban J connectivity index is 1.59. The van der Waals surface area contributed by atoms with E-state index in [1.54, 1.807) is 37.3 Å². The second kappa shape index (κ2) is 10.7. The zero-order valence-corrected chi connectivity index (χ0v) is 20.0. The minimum absolute atomic E-state index is 0.0143. The van der Waals surface area contributed by atoms with Crippen LogP contribution < -0.4 is 21.9 Å². The minimum Gasteiger partial charge on any atom is -0.340 e. The van der Waals surface area contributed by atoms with Gasteiger partial charge in [-0.1, -0.05) is 31.2 Å².